The normalized spacial score (nSPS) is 15.3. The smallest absolute Gasteiger partial charge is 0.462 e. The Morgan fingerprint density at radius 1 is 0.371 bits per heavy atom. The Morgan fingerprint density at radius 2 is 0.629 bits per heavy atom. The molecule has 26 heteroatoms. The van der Waals surface area contributed by atoms with Gasteiger partial charge in [0.25, 0.3) is 0 Å². The van der Waals surface area contributed by atoms with E-state index in [1.165, 1.54) is 0 Å². The fourth-order valence-corrected chi connectivity index (χ4v) is 65.1. The summed E-state index contributed by atoms with van der Waals surface area (Å²) >= 11 is 0. The summed E-state index contributed by atoms with van der Waals surface area (Å²) in [7, 11) is -36.0. The third-order valence-corrected chi connectivity index (χ3v) is 52.1. The molecule has 62 heavy (non-hydrogen) atoms. The van der Waals surface area contributed by atoms with Crippen LogP contribution in [-0.4, -0.2) is 123 Å². The van der Waals surface area contributed by atoms with Gasteiger partial charge in [0.2, 0.25) is 0 Å². The molecule has 0 rings (SSSR count). The number of hydrogen-bond acceptors (Lipinski definition) is 13. The van der Waals surface area contributed by atoms with Gasteiger partial charge in [-0.05, 0) is 183 Å². The molecule has 0 radical (unpaired) electrons. The average molecular weight is 1100 g/mol. The maximum atomic E-state index is 12.0. The molecule has 0 saturated heterocycles. The van der Waals surface area contributed by atoms with Gasteiger partial charge in [-0.2, -0.15) is 0 Å². The molecule has 0 amide bonds. The fourth-order valence-electron chi connectivity index (χ4n) is 7.28. The predicted molar refractivity (Wildman–Crippen MR) is 290 cm³/mol. The predicted octanol–water partition coefficient (Wildman–Crippen LogP) is 12.4. The van der Waals surface area contributed by atoms with Gasteiger partial charge in [-0.15, -0.1) is 0 Å². The van der Waals surface area contributed by atoms with Crippen LogP contribution in [0.25, 0.3) is 0 Å². The van der Waals surface area contributed by atoms with E-state index in [0.717, 1.165) is 6.04 Å². The molecule has 0 aliphatic carbocycles. The van der Waals surface area contributed by atoms with Gasteiger partial charge in [-0.1, -0.05) is 6.58 Å². The van der Waals surface area contributed by atoms with E-state index in [1.54, 1.807) is 6.92 Å². The molecule has 0 aromatic heterocycles. The third kappa shape index (κ3) is 30.2. The van der Waals surface area contributed by atoms with Crippen LogP contribution >= 0.6 is 0 Å². The molecule has 0 N–H and O–H groups in total. The molecule has 370 valence electrons. The molecule has 0 unspecified atom stereocenters. The second kappa shape index (κ2) is 22.6. The van der Waals surface area contributed by atoms with Crippen molar-refractivity contribution in [2.24, 2.45) is 0 Å². The van der Waals surface area contributed by atoms with E-state index in [1.807, 2.05) is 19.6 Å². The second-order valence-corrected chi connectivity index (χ2v) is 76.7. The van der Waals surface area contributed by atoms with Crippen molar-refractivity contribution in [2.45, 2.75) is 208 Å². The molecule has 0 fully saturated rings. The molecule has 0 heterocycles. The topological polar surface area (TPSA) is 128 Å². The van der Waals surface area contributed by atoms with Crippen LogP contribution < -0.4 is 0 Å². The molecule has 13 nitrogen and oxygen atoms in total. The molecular formula is C36H96O13Si13. The van der Waals surface area contributed by atoms with Gasteiger partial charge in [0.05, 0.1) is 6.61 Å². The van der Waals surface area contributed by atoms with Crippen LogP contribution in [0.3, 0.4) is 0 Å². The lowest BCUT2D eigenvalue weighted by Gasteiger charge is -2.49. The summed E-state index contributed by atoms with van der Waals surface area (Å²) in [6.07, 6.45) is 0.717. The Bertz CT molecular complexity index is 1290. The first-order chi connectivity index (χ1) is 26.8. The highest BCUT2D eigenvalue weighted by atomic mass is 28.6. The molecule has 0 spiro atoms. The Hall–Kier alpha value is 1.59. The van der Waals surface area contributed by atoms with Crippen LogP contribution in [-0.2, 0) is 54.8 Å². The SMILES string of the molecule is C=C(C)C(=O)OCCC[Si](C)(C)O[Si](C)(C)O[Si](C)(C)CC[Si](O[Si](C)(O[Si](C)(C)C)O[Si](C)(C)C)(O[Si](C)(O[Si](C)(C)C)O[Si](C)(C)C)O[Si](C)(O[Si](C)(C)C)O[Si](C)(C)C. The van der Waals surface area contributed by atoms with Crippen molar-refractivity contribution in [1.82, 2.24) is 0 Å². The Labute approximate surface area is 395 Å². The van der Waals surface area contributed by atoms with Crippen LogP contribution in [0.5, 0.6) is 0 Å². The van der Waals surface area contributed by atoms with Crippen LogP contribution in [0.4, 0.5) is 0 Å². The maximum Gasteiger partial charge on any atom is 0.478 e. The van der Waals surface area contributed by atoms with Gasteiger partial charge >= 0.3 is 49.7 Å². The van der Waals surface area contributed by atoms with E-state index in [9.17, 15) is 4.79 Å². The van der Waals surface area contributed by atoms with Crippen molar-refractivity contribution in [1.29, 1.82) is 0 Å². The van der Waals surface area contributed by atoms with E-state index in [0.29, 0.717) is 30.7 Å². The van der Waals surface area contributed by atoms with Gasteiger partial charge in [0.15, 0.2) is 66.5 Å². The Balaban J connectivity index is 7.90. The van der Waals surface area contributed by atoms with Gasteiger partial charge in [0.1, 0.15) is 0 Å². The summed E-state index contributed by atoms with van der Waals surface area (Å²) < 4.78 is 85.4. The first kappa shape index (κ1) is 63.6. The van der Waals surface area contributed by atoms with E-state index < -0.39 is 110 Å². The van der Waals surface area contributed by atoms with E-state index in [2.05, 4.69) is 164 Å². The van der Waals surface area contributed by atoms with Gasteiger partial charge in [-0.3, -0.25) is 0 Å². The standard InChI is InChI=1S/C36H96O13Si13/c1-35(2)36(37)38-31-30-32-56(21,22)45-58(25,26)46-57(23,24)33-34-62(47-59(27,39-50(3,4)5)40-51(6,7)8,48-60(28,41-52(9,10)11)42-53(12,13)14)49-61(29,43-54(15,16)17)44-55(18,19)20/h1,30-34H2,2-29H3. The fraction of sp³-hybridized carbons (Fsp3) is 0.917. The summed E-state index contributed by atoms with van der Waals surface area (Å²) in [6.45, 7) is 63.9. The molecule has 0 aliphatic rings. The zero-order chi connectivity index (χ0) is 49.7. The molecular weight excluding hydrogens is 1010 g/mol. The van der Waals surface area contributed by atoms with E-state index in [-0.39, 0.29) is 5.97 Å². The Kier molecular flexibility index (Phi) is 23.1. The molecule has 0 atom stereocenters. The highest BCUT2D eigenvalue weighted by Gasteiger charge is 2.63. The van der Waals surface area contributed by atoms with E-state index in [4.69, 9.17) is 50.0 Å². The van der Waals surface area contributed by atoms with Crippen molar-refractivity contribution in [3.05, 3.63) is 12.2 Å². The average Bonchev–Trinajstić information content (AvgIpc) is 2.85. The summed E-state index contributed by atoms with van der Waals surface area (Å²) in [5, 5.41) is 0. The number of carbonyl (C=O) groups is 1. The van der Waals surface area contributed by atoms with E-state index >= 15 is 0 Å². The first-order valence-corrected chi connectivity index (χ1v) is 60.5. The quantitative estimate of drug-likeness (QED) is 0.0293. The number of carbonyl (C=O) groups excluding carboxylic acids is 1. The first-order valence-electron chi connectivity index (χ1n) is 22.4. The largest absolute Gasteiger partial charge is 0.478 e. The van der Waals surface area contributed by atoms with Crippen LogP contribution in [0, 0.1) is 0 Å². The summed E-state index contributed by atoms with van der Waals surface area (Å²) in [6, 6.07) is 1.84. The number of ether oxygens (including phenoxy) is 1. The maximum absolute atomic E-state index is 12.0. The molecule has 0 bridgehead atoms. The van der Waals surface area contributed by atoms with Crippen molar-refractivity contribution in [3.63, 3.8) is 0 Å². The third-order valence-electron chi connectivity index (χ3n) is 7.55. The number of rotatable bonds is 30. The van der Waals surface area contributed by atoms with Gasteiger partial charge in [0, 0.05) is 31.3 Å². The van der Waals surface area contributed by atoms with Crippen LogP contribution in [0.1, 0.15) is 13.3 Å². The van der Waals surface area contributed by atoms with Crippen LogP contribution in [0.2, 0.25) is 195 Å². The highest BCUT2D eigenvalue weighted by molar-refractivity contribution is 6.96. The van der Waals surface area contributed by atoms with Crippen molar-refractivity contribution >= 4 is 116 Å². The summed E-state index contributed by atoms with van der Waals surface area (Å²) in [5.41, 5.74) is 0.401. The molecule has 0 aliphatic heterocycles. The van der Waals surface area contributed by atoms with Gasteiger partial charge < -0.3 is 50.0 Å². The lowest BCUT2D eigenvalue weighted by molar-refractivity contribution is -0.138. The second-order valence-electron chi connectivity index (χ2n) is 24.5. The monoisotopic (exact) mass is 1100 g/mol. The lowest BCUT2D eigenvalue weighted by Crippen LogP contribution is -2.71. The van der Waals surface area contributed by atoms with Crippen molar-refractivity contribution < 1.29 is 54.8 Å². The minimum Gasteiger partial charge on any atom is -0.462 e. The number of hydrogen-bond donors (Lipinski definition) is 0. The minimum absolute atomic E-state index is 0.336. The van der Waals surface area contributed by atoms with Crippen molar-refractivity contribution in [3.8, 4) is 0 Å². The molecule has 0 aromatic carbocycles. The summed E-state index contributed by atoms with van der Waals surface area (Å²) in [5.74, 6) is -0.362. The molecule has 0 aromatic rings. The number of esters is 1. The van der Waals surface area contributed by atoms with Gasteiger partial charge in [-0.25, -0.2) is 4.79 Å². The van der Waals surface area contributed by atoms with Crippen molar-refractivity contribution in [2.75, 3.05) is 6.61 Å². The highest BCUT2D eigenvalue weighted by Crippen LogP contribution is 2.39. The zero-order valence-electron chi connectivity index (χ0n) is 45.0. The summed E-state index contributed by atoms with van der Waals surface area (Å²) in [4.78, 5) is 12.0. The lowest BCUT2D eigenvalue weighted by atomic mass is 10.4. The zero-order valence-corrected chi connectivity index (χ0v) is 58.0. The Morgan fingerprint density at radius 3 is 0.871 bits per heavy atom. The van der Waals surface area contributed by atoms with Crippen LogP contribution in [0.15, 0.2) is 12.2 Å². The molecule has 0 saturated carbocycles. The minimum atomic E-state index is -4.11.